The first-order valence-corrected chi connectivity index (χ1v) is 4.51. The lowest BCUT2D eigenvalue weighted by molar-refractivity contribution is 0.318. The molecule has 0 fully saturated rings. The molecule has 1 aromatic heterocycles. The number of aryl methyl sites for hydroxylation is 1. The number of oxime groups is 1. The molecule has 2 rings (SSSR count). The Bertz CT molecular complexity index is 474. The largest absolute Gasteiger partial charge is 0.441 e. The van der Waals surface area contributed by atoms with Crippen LogP contribution in [0.1, 0.15) is 17.0 Å². The van der Waals surface area contributed by atoms with E-state index in [0.717, 1.165) is 5.56 Å². The maximum atomic E-state index is 8.98. The van der Waals surface area contributed by atoms with Gasteiger partial charge in [0.25, 0.3) is 0 Å². The van der Waals surface area contributed by atoms with Gasteiger partial charge in [0.05, 0.1) is 5.69 Å². The van der Waals surface area contributed by atoms with Crippen LogP contribution >= 0.6 is 0 Å². The Labute approximate surface area is 86.9 Å². The van der Waals surface area contributed by atoms with Crippen LogP contribution in [0.2, 0.25) is 0 Å². The van der Waals surface area contributed by atoms with E-state index >= 15 is 0 Å². The Hall–Kier alpha value is -2.10. The lowest BCUT2D eigenvalue weighted by atomic mass is 10.1. The van der Waals surface area contributed by atoms with E-state index < -0.39 is 0 Å². The Kier molecular flexibility index (Phi) is 2.49. The third-order valence-corrected chi connectivity index (χ3v) is 2.11. The molecule has 4 heteroatoms. The van der Waals surface area contributed by atoms with E-state index in [-0.39, 0.29) is 0 Å². The molecular formula is C11H10N2O2. The molecule has 0 aliphatic rings. The minimum absolute atomic E-state index is 0.394. The molecule has 1 aromatic carbocycles. The molecule has 0 saturated heterocycles. The van der Waals surface area contributed by atoms with Crippen LogP contribution in [-0.4, -0.2) is 15.9 Å². The number of hydrogen-bond donors (Lipinski definition) is 1. The van der Waals surface area contributed by atoms with Crippen molar-refractivity contribution >= 4 is 5.71 Å². The monoisotopic (exact) mass is 202 g/mol. The fraction of sp³-hybridized carbons (Fsp3) is 0.0909. The van der Waals surface area contributed by atoms with Gasteiger partial charge in [0.2, 0.25) is 0 Å². The average molecular weight is 202 g/mol. The predicted molar refractivity (Wildman–Crippen MR) is 55.1 cm³/mol. The van der Waals surface area contributed by atoms with E-state index in [4.69, 9.17) is 9.62 Å². The molecule has 0 spiro atoms. The van der Waals surface area contributed by atoms with Crippen LogP contribution in [-0.2, 0) is 0 Å². The summed E-state index contributed by atoms with van der Waals surface area (Å²) in [7, 11) is 0. The number of aromatic nitrogens is 1. The van der Waals surface area contributed by atoms with Gasteiger partial charge in [-0.15, -0.1) is 0 Å². The molecule has 15 heavy (non-hydrogen) atoms. The van der Waals surface area contributed by atoms with Crippen LogP contribution in [0.4, 0.5) is 0 Å². The zero-order valence-electron chi connectivity index (χ0n) is 8.21. The molecule has 0 aliphatic heterocycles. The molecule has 0 aliphatic carbocycles. The van der Waals surface area contributed by atoms with Crippen molar-refractivity contribution in [2.75, 3.05) is 0 Å². The summed E-state index contributed by atoms with van der Waals surface area (Å²) in [6.45, 7) is 1.80. The van der Waals surface area contributed by atoms with Gasteiger partial charge in [0.1, 0.15) is 0 Å². The molecule has 0 atom stereocenters. The molecule has 4 nitrogen and oxygen atoms in total. The smallest absolute Gasteiger partial charge is 0.181 e. The maximum Gasteiger partial charge on any atom is 0.181 e. The molecule has 1 N–H and O–H groups in total. The first-order chi connectivity index (χ1) is 7.33. The van der Waals surface area contributed by atoms with Crippen molar-refractivity contribution in [1.82, 2.24) is 4.98 Å². The van der Waals surface area contributed by atoms with Crippen molar-refractivity contribution in [1.29, 1.82) is 0 Å². The fourth-order valence-corrected chi connectivity index (χ4v) is 1.36. The summed E-state index contributed by atoms with van der Waals surface area (Å²) >= 11 is 0. The quantitative estimate of drug-likeness (QED) is 0.461. The van der Waals surface area contributed by atoms with Gasteiger partial charge in [-0.2, -0.15) is 0 Å². The summed E-state index contributed by atoms with van der Waals surface area (Å²) < 4.78 is 5.17. The van der Waals surface area contributed by atoms with Crippen molar-refractivity contribution in [3.05, 3.63) is 53.7 Å². The second kappa shape index (κ2) is 3.96. The van der Waals surface area contributed by atoms with Gasteiger partial charge in [0, 0.05) is 5.56 Å². The number of oxazole rings is 1. The van der Waals surface area contributed by atoms with E-state index in [0.29, 0.717) is 17.2 Å². The zero-order valence-corrected chi connectivity index (χ0v) is 8.21. The maximum absolute atomic E-state index is 8.98. The Morgan fingerprint density at radius 3 is 2.60 bits per heavy atom. The highest BCUT2D eigenvalue weighted by molar-refractivity contribution is 6.11. The predicted octanol–water partition coefficient (Wildman–Crippen LogP) is 2.21. The van der Waals surface area contributed by atoms with Gasteiger partial charge in [-0.3, -0.25) is 0 Å². The molecule has 0 saturated carbocycles. The number of rotatable bonds is 2. The lowest BCUT2D eigenvalue weighted by Crippen LogP contribution is -2.03. The second-order valence-corrected chi connectivity index (χ2v) is 3.08. The normalized spacial score (nSPS) is 11.7. The van der Waals surface area contributed by atoms with Gasteiger partial charge in [-0.05, 0) is 6.92 Å². The van der Waals surface area contributed by atoms with Gasteiger partial charge >= 0.3 is 0 Å². The van der Waals surface area contributed by atoms with E-state index in [2.05, 4.69) is 10.1 Å². The van der Waals surface area contributed by atoms with Crippen LogP contribution in [0, 0.1) is 6.92 Å². The summed E-state index contributed by atoms with van der Waals surface area (Å²) in [5.41, 5.74) is 1.89. The Morgan fingerprint density at radius 2 is 2.07 bits per heavy atom. The topological polar surface area (TPSA) is 58.6 Å². The zero-order chi connectivity index (χ0) is 10.7. The van der Waals surface area contributed by atoms with Gasteiger partial charge in [-0.25, -0.2) is 4.98 Å². The Balaban J connectivity index is 2.48. The minimum Gasteiger partial charge on any atom is -0.441 e. The van der Waals surface area contributed by atoms with Crippen molar-refractivity contribution in [2.45, 2.75) is 6.92 Å². The lowest BCUT2D eigenvalue weighted by Gasteiger charge is -2.00. The molecule has 0 bridgehead atoms. The van der Waals surface area contributed by atoms with Crippen LogP contribution < -0.4 is 0 Å². The van der Waals surface area contributed by atoms with E-state index in [9.17, 15) is 0 Å². The summed E-state index contributed by atoms with van der Waals surface area (Å²) in [5.74, 6) is 0.490. The van der Waals surface area contributed by atoms with E-state index in [1.54, 1.807) is 6.92 Å². The molecule has 76 valence electrons. The van der Waals surface area contributed by atoms with Crippen LogP contribution in [0.25, 0.3) is 0 Å². The van der Waals surface area contributed by atoms with Crippen LogP contribution in [0.15, 0.2) is 46.3 Å². The SMILES string of the molecule is Cc1ncoc1/C(=N/O)c1ccccc1. The van der Waals surface area contributed by atoms with Gasteiger partial charge in [0.15, 0.2) is 17.9 Å². The van der Waals surface area contributed by atoms with Crippen molar-refractivity contribution < 1.29 is 9.62 Å². The first kappa shape index (κ1) is 9.45. The van der Waals surface area contributed by atoms with Crippen LogP contribution in [0.5, 0.6) is 0 Å². The second-order valence-electron chi connectivity index (χ2n) is 3.08. The van der Waals surface area contributed by atoms with Crippen molar-refractivity contribution in [3.8, 4) is 0 Å². The Morgan fingerprint density at radius 1 is 1.33 bits per heavy atom. The van der Waals surface area contributed by atoms with Gasteiger partial charge in [-0.1, -0.05) is 35.5 Å². The molecule has 0 unspecified atom stereocenters. The highest BCUT2D eigenvalue weighted by Crippen LogP contribution is 2.13. The number of nitrogens with zero attached hydrogens (tertiary/aromatic N) is 2. The minimum atomic E-state index is 0.394. The van der Waals surface area contributed by atoms with E-state index in [1.807, 2.05) is 30.3 Å². The molecular weight excluding hydrogens is 192 g/mol. The molecule has 1 heterocycles. The summed E-state index contributed by atoms with van der Waals surface area (Å²) in [5, 5.41) is 12.2. The summed E-state index contributed by atoms with van der Waals surface area (Å²) in [6, 6.07) is 9.32. The highest BCUT2D eigenvalue weighted by atomic mass is 16.4. The first-order valence-electron chi connectivity index (χ1n) is 4.51. The standard InChI is InChI=1S/C11H10N2O2/c1-8-11(15-7-12-8)10(13-14)9-5-3-2-4-6-9/h2-7,14H,1H3/b13-10+. The molecule has 0 amide bonds. The average Bonchev–Trinajstić information content (AvgIpc) is 2.68. The number of benzene rings is 1. The summed E-state index contributed by atoms with van der Waals surface area (Å²) in [4.78, 5) is 3.95. The molecule has 2 aromatic rings. The summed E-state index contributed by atoms with van der Waals surface area (Å²) in [6.07, 6.45) is 1.33. The van der Waals surface area contributed by atoms with E-state index in [1.165, 1.54) is 6.39 Å². The highest BCUT2D eigenvalue weighted by Gasteiger charge is 2.14. The van der Waals surface area contributed by atoms with Gasteiger partial charge < -0.3 is 9.62 Å². The third kappa shape index (κ3) is 1.74. The third-order valence-electron chi connectivity index (χ3n) is 2.11. The van der Waals surface area contributed by atoms with Crippen molar-refractivity contribution in [2.24, 2.45) is 5.16 Å². The van der Waals surface area contributed by atoms with Crippen LogP contribution in [0.3, 0.4) is 0 Å². The van der Waals surface area contributed by atoms with Crippen molar-refractivity contribution in [3.63, 3.8) is 0 Å². The molecule has 0 radical (unpaired) electrons. The number of hydrogen-bond acceptors (Lipinski definition) is 4. The fourth-order valence-electron chi connectivity index (χ4n) is 1.36.